The van der Waals surface area contributed by atoms with Crippen molar-refractivity contribution in [1.29, 1.82) is 0 Å². The molecule has 0 unspecified atom stereocenters. The molecule has 2 rings (SSSR count). The van der Waals surface area contributed by atoms with E-state index in [0.29, 0.717) is 32.6 Å². The average Bonchev–Trinajstić information content (AvgIpc) is 2.96. The number of carbonyl (C=O) groups excluding carboxylic acids is 1. The van der Waals surface area contributed by atoms with Gasteiger partial charge in [-0.05, 0) is 0 Å². The van der Waals surface area contributed by atoms with E-state index >= 15 is 0 Å². The molecule has 1 fully saturated rings. The van der Waals surface area contributed by atoms with Crippen LogP contribution in [-0.2, 0) is 16.1 Å². The van der Waals surface area contributed by atoms with E-state index in [0.717, 1.165) is 13.1 Å². The van der Waals surface area contributed by atoms with Crippen molar-refractivity contribution in [3.8, 4) is 0 Å². The minimum absolute atomic E-state index is 0.110. The number of piperazine rings is 1. The third-order valence-corrected chi connectivity index (χ3v) is 3.39. The Kier molecular flexibility index (Phi) is 5.05. The fraction of sp³-hybridized carbons (Fsp3) is 0.667. The summed E-state index contributed by atoms with van der Waals surface area (Å²) in [6.07, 6.45) is 3.89. The highest BCUT2D eigenvalue weighted by Crippen LogP contribution is 2.05. The van der Waals surface area contributed by atoms with Crippen molar-refractivity contribution in [3.05, 3.63) is 12.4 Å². The van der Waals surface area contributed by atoms with Crippen molar-refractivity contribution in [2.45, 2.75) is 19.4 Å². The van der Waals surface area contributed by atoms with Gasteiger partial charge in [0.05, 0.1) is 19.2 Å². The van der Waals surface area contributed by atoms with Crippen LogP contribution in [0.2, 0.25) is 0 Å². The zero-order chi connectivity index (χ0) is 14.4. The minimum Gasteiger partial charge on any atom is -0.481 e. The number of amides is 1. The van der Waals surface area contributed by atoms with Crippen LogP contribution in [0.5, 0.6) is 0 Å². The Balaban J connectivity index is 1.67. The van der Waals surface area contributed by atoms with Crippen molar-refractivity contribution in [2.75, 3.05) is 32.7 Å². The molecule has 8 heteroatoms. The van der Waals surface area contributed by atoms with Gasteiger partial charge < -0.3 is 10.0 Å². The lowest BCUT2D eigenvalue weighted by atomic mass is 10.2. The van der Waals surface area contributed by atoms with Crippen LogP contribution in [0.25, 0.3) is 0 Å². The molecule has 1 N–H and O–H groups in total. The molecule has 20 heavy (non-hydrogen) atoms. The highest BCUT2D eigenvalue weighted by molar-refractivity contribution is 5.76. The van der Waals surface area contributed by atoms with Crippen molar-refractivity contribution in [3.63, 3.8) is 0 Å². The van der Waals surface area contributed by atoms with E-state index in [9.17, 15) is 9.59 Å². The first kappa shape index (κ1) is 14.4. The van der Waals surface area contributed by atoms with Gasteiger partial charge in [-0.3, -0.25) is 19.2 Å². The quantitative estimate of drug-likeness (QED) is 0.740. The number of carboxylic acid groups (broad SMARTS) is 1. The SMILES string of the molecule is O=C(O)CCN1CCN(C(=O)CCn2ccnn2)CC1. The Hall–Kier alpha value is -1.96. The molecule has 110 valence electrons. The van der Waals surface area contributed by atoms with Gasteiger partial charge in [-0.15, -0.1) is 5.10 Å². The second kappa shape index (κ2) is 6.99. The fourth-order valence-corrected chi connectivity index (χ4v) is 2.19. The summed E-state index contributed by atoms with van der Waals surface area (Å²) >= 11 is 0. The number of carboxylic acids is 1. The minimum atomic E-state index is -0.781. The van der Waals surface area contributed by atoms with Gasteiger partial charge in [0.15, 0.2) is 0 Å². The largest absolute Gasteiger partial charge is 0.481 e. The molecule has 1 amide bonds. The van der Waals surface area contributed by atoms with Gasteiger partial charge in [0.25, 0.3) is 0 Å². The Morgan fingerprint density at radius 2 is 1.85 bits per heavy atom. The Bertz CT molecular complexity index is 440. The van der Waals surface area contributed by atoms with Crippen LogP contribution < -0.4 is 0 Å². The van der Waals surface area contributed by atoms with E-state index in [2.05, 4.69) is 15.2 Å². The number of carbonyl (C=O) groups is 2. The third kappa shape index (κ3) is 4.30. The number of nitrogens with zero attached hydrogens (tertiary/aromatic N) is 5. The molecule has 0 aromatic carbocycles. The summed E-state index contributed by atoms with van der Waals surface area (Å²) in [6.45, 7) is 3.89. The third-order valence-electron chi connectivity index (χ3n) is 3.39. The molecule has 0 spiro atoms. The second-order valence-corrected chi connectivity index (χ2v) is 4.78. The molecule has 1 saturated heterocycles. The monoisotopic (exact) mass is 281 g/mol. The summed E-state index contributed by atoms with van der Waals surface area (Å²) in [5.74, 6) is -0.672. The smallest absolute Gasteiger partial charge is 0.304 e. The zero-order valence-corrected chi connectivity index (χ0v) is 11.3. The van der Waals surface area contributed by atoms with Gasteiger partial charge in [-0.1, -0.05) is 5.21 Å². The molecule has 0 saturated carbocycles. The number of hydrogen-bond acceptors (Lipinski definition) is 5. The average molecular weight is 281 g/mol. The van der Waals surface area contributed by atoms with Crippen LogP contribution in [0.3, 0.4) is 0 Å². The molecule has 8 nitrogen and oxygen atoms in total. The van der Waals surface area contributed by atoms with Gasteiger partial charge in [-0.2, -0.15) is 0 Å². The molecular formula is C12H19N5O3. The summed E-state index contributed by atoms with van der Waals surface area (Å²) in [6, 6.07) is 0. The van der Waals surface area contributed by atoms with Gasteiger partial charge in [-0.25, -0.2) is 0 Å². The predicted octanol–water partition coefficient (Wildman–Crippen LogP) is -0.713. The van der Waals surface area contributed by atoms with Crippen LogP contribution >= 0.6 is 0 Å². The maximum absolute atomic E-state index is 12.0. The molecule has 1 aliphatic heterocycles. The van der Waals surface area contributed by atoms with Gasteiger partial charge in [0.1, 0.15) is 0 Å². The first-order chi connectivity index (χ1) is 9.65. The predicted molar refractivity (Wildman–Crippen MR) is 69.9 cm³/mol. The van der Waals surface area contributed by atoms with Gasteiger partial charge in [0.2, 0.25) is 5.91 Å². The molecule has 1 aromatic heterocycles. The molecule has 0 aliphatic carbocycles. The first-order valence-corrected chi connectivity index (χ1v) is 6.71. The Morgan fingerprint density at radius 1 is 1.10 bits per heavy atom. The zero-order valence-electron chi connectivity index (χ0n) is 11.3. The molecule has 2 heterocycles. The number of rotatable bonds is 6. The van der Waals surface area contributed by atoms with Crippen LogP contribution in [0.1, 0.15) is 12.8 Å². The highest BCUT2D eigenvalue weighted by Gasteiger charge is 2.21. The highest BCUT2D eigenvalue weighted by atomic mass is 16.4. The van der Waals surface area contributed by atoms with E-state index in [1.54, 1.807) is 17.1 Å². The summed E-state index contributed by atoms with van der Waals surface area (Å²) < 4.78 is 1.64. The molecular weight excluding hydrogens is 262 g/mol. The first-order valence-electron chi connectivity index (χ1n) is 6.71. The van der Waals surface area contributed by atoms with E-state index in [-0.39, 0.29) is 12.3 Å². The van der Waals surface area contributed by atoms with Crippen molar-refractivity contribution in [1.82, 2.24) is 24.8 Å². The number of aromatic nitrogens is 3. The van der Waals surface area contributed by atoms with Gasteiger partial charge in [0, 0.05) is 45.3 Å². The van der Waals surface area contributed by atoms with Crippen LogP contribution in [-0.4, -0.2) is 74.5 Å². The lowest BCUT2D eigenvalue weighted by Crippen LogP contribution is -2.49. The van der Waals surface area contributed by atoms with Crippen LogP contribution in [0.15, 0.2) is 12.4 Å². The summed E-state index contributed by atoms with van der Waals surface area (Å²) in [7, 11) is 0. The summed E-state index contributed by atoms with van der Waals surface area (Å²) in [4.78, 5) is 26.4. The number of aryl methyl sites for hydroxylation is 1. The second-order valence-electron chi connectivity index (χ2n) is 4.78. The molecule has 0 atom stereocenters. The fourth-order valence-electron chi connectivity index (χ4n) is 2.19. The Morgan fingerprint density at radius 3 is 2.45 bits per heavy atom. The molecule has 0 radical (unpaired) electrons. The van der Waals surface area contributed by atoms with E-state index in [1.165, 1.54) is 0 Å². The number of aliphatic carboxylic acids is 1. The van der Waals surface area contributed by atoms with Crippen molar-refractivity contribution >= 4 is 11.9 Å². The molecule has 1 aliphatic rings. The molecule has 1 aromatic rings. The van der Waals surface area contributed by atoms with E-state index in [4.69, 9.17) is 5.11 Å². The normalized spacial score (nSPS) is 16.3. The van der Waals surface area contributed by atoms with E-state index in [1.807, 2.05) is 4.90 Å². The summed E-state index contributed by atoms with van der Waals surface area (Å²) in [5, 5.41) is 16.1. The Labute approximate surface area is 117 Å². The van der Waals surface area contributed by atoms with Crippen molar-refractivity contribution in [2.24, 2.45) is 0 Å². The maximum Gasteiger partial charge on any atom is 0.304 e. The topological polar surface area (TPSA) is 91.6 Å². The number of hydrogen-bond donors (Lipinski definition) is 1. The van der Waals surface area contributed by atoms with Crippen molar-refractivity contribution < 1.29 is 14.7 Å². The van der Waals surface area contributed by atoms with Crippen LogP contribution in [0.4, 0.5) is 0 Å². The van der Waals surface area contributed by atoms with Crippen LogP contribution in [0, 0.1) is 0 Å². The molecule has 0 bridgehead atoms. The summed E-state index contributed by atoms with van der Waals surface area (Å²) in [5.41, 5.74) is 0. The maximum atomic E-state index is 12.0. The lowest BCUT2D eigenvalue weighted by Gasteiger charge is -2.34. The van der Waals surface area contributed by atoms with Gasteiger partial charge >= 0.3 is 5.97 Å². The standard InChI is InChI=1S/C12H19N5O3/c18-11(1-5-17-6-3-13-14-17)16-9-7-15(8-10-16)4-2-12(19)20/h3,6H,1-2,4-5,7-10H2,(H,19,20). The lowest BCUT2D eigenvalue weighted by molar-refractivity contribution is -0.138. The van der Waals surface area contributed by atoms with E-state index < -0.39 is 5.97 Å².